The molecule has 0 N–H and O–H groups in total. The maximum absolute atomic E-state index is 12.8. The van der Waals surface area contributed by atoms with E-state index >= 15 is 0 Å². The molecule has 0 bridgehead atoms. The number of carbonyl (C=O) groups excluding carboxylic acids is 1. The zero-order valence-electron chi connectivity index (χ0n) is 16.7. The molecule has 6 nitrogen and oxygen atoms in total. The lowest BCUT2D eigenvalue weighted by Gasteiger charge is -2.35. The van der Waals surface area contributed by atoms with Crippen LogP contribution in [0.1, 0.15) is 21.5 Å². The molecule has 3 aromatic rings. The van der Waals surface area contributed by atoms with Gasteiger partial charge in [-0.3, -0.25) is 4.79 Å². The molecule has 2 aromatic carbocycles. The molecule has 0 spiro atoms. The average molecular weight is 388 g/mol. The number of benzene rings is 2. The van der Waals surface area contributed by atoms with Crippen molar-refractivity contribution in [1.29, 1.82) is 0 Å². The average Bonchev–Trinajstić information content (AvgIpc) is 2.74. The first-order valence-corrected chi connectivity index (χ1v) is 9.78. The summed E-state index contributed by atoms with van der Waals surface area (Å²) < 4.78 is 5.69. The number of carbonyl (C=O) groups is 1. The molecule has 1 saturated heterocycles. The topological polar surface area (TPSA) is 58.6 Å². The fourth-order valence-corrected chi connectivity index (χ4v) is 3.56. The molecule has 0 radical (unpaired) electrons. The van der Waals surface area contributed by atoms with E-state index in [1.807, 2.05) is 73.3 Å². The van der Waals surface area contributed by atoms with Crippen LogP contribution < -0.4 is 9.64 Å². The third-order valence-corrected chi connectivity index (χ3v) is 4.95. The van der Waals surface area contributed by atoms with E-state index in [0.717, 1.165) is 41.3 Å². The van der Waals surface area contributed by atoms with Crippen molar-refractivity contribution in [3.63, 3.8) is 0 Å². The molecule has 29 heavy (non-hydrogen) atoms. The molecule has 6 heteroatoms. The number of ether oxygens (including phenoxy) is 1. The Morgan fingerprint density at radius 3 is 2.17 bits per heavy atom. The summed E-state index contributed by atoms with van der Waals surface area (Å²) in [5.74, 6) is 2.08. The van der Waals surface area contributed by atoms with Crippen LogP contribution in [-0.2, 0) is 0 Å². The van der Waals surface area contributed by atoms with Crippen molar-refractivity contribution in [3.05, 3.63) is 77.4 Å². The maximum atomic E-state index is 12.8. The lowest BCUT2D eigenvalue weighted by Crippen LogP contribution is -2.49. The summed E-state index contributed by atoms with van der Waals surface area (Å²) in [4.78, 5) is 16.9. The number of anilines is 1. The van der Waals surface area contributed by atoms with Crippen LogP contribution in [0.15, 0.2) is 60.7 Å². The Balaban J connectivity index is 1.36. The van der Waals surface area contributed by atoms with Gasteiger partial charge in [-0.15, -0.1) is 10.2 Å². The molecule has 0 aliphatic carbocycles. The summed E-state index contributed by atoms with van der Waals surface area (Å²) in [5.41, 5.74) is 2.98. The van der Waals surface area contributed by atoms with Crippen LogP contribution in [0.4, 0.5) is 5.82 Å². The number of nitrogens with zero attached hydrogens (tertiary/aromatic N) is 4. The van der Waals surface area contributed by atoms with Crippen LogP contribution in [0.3, 0.4) is 0 Å². The number of hydrogen-bond acceptors (Lipinski definition) is 5. The van der Waals surface area contributed by atoms with Gasteiger partial charge in [0.2, 0.25) is 5.88 Å². The minimum absolute atomic E-state index is 0.0918. The summed E-state index contributed by atoms with van der Waals surface area (Å²) in [6.07, 6.45) is 0. The largest absolute Gasteiger partial charge is 0.438 e. The first kappa shape index (κ1) is 18.9. The van der Waals surface area contributed by atoms with Gasteiger partial charge in [0.15, 0.2) is 5.82 Å². The fourth-order valence-electron chi connectivity index (χ4n) is 3.56. The van der Waals surface area contributed by atoms with Crippen LogP contribution in [0.2, 0.25) is 0 Å². The summed E-state index contributed by atoms with van der Waals surface area (Å²) in [5, 5.41) is 8.47. The van der Waals surface area contributed by atoms with Gasteiger partial charge < -0.3 is 14.5 Å². The molecule has 0 saturated carbocycles. The van der Waals surface area contributed by atoms with Gasteiger partial charge in [-0.05, 0) is 44.2 Å². The fraction of sp³-hybridized carbons (Fsp3) is 0.261. The summed E-state index contributed by atoms with van der Waals surface area (Å²) in [6.45, 7) is 6.82. The van der Waals surface area contributed by atoms with Gasteiger partial charge in [-0.2, -0.15) is 0 Å². The van der Waals surface area contributed by atoms with Gasteiger partial charge in [0.25, 0.3) is 5.91 Å². The molecule has 1 fully saturated rings. The van der Waals surface area contributed by atoms with E-state index in [1.54, 1.807) is 0 Å². The molecule has 0 atom stereocenters. The minimum atomic E-state index is 0.0918. The quantitative estimate of drug-likeness (QED) is 0.679. The van der Waals surface area contributed by atoms with Crippen molar-refractivity contribution in [2.75, 3.05) is 31.1 Å². The smallest absolute Gasteiger partial charge is 0.253 e. The third kappa shape index (κ3) is 4.54. The van der Waals surface area contributed by atoms with Gasteiger partial charge in [0, 0.05) is 37.8 Å². The molecule has 1 aliphatic heterocycles. The minimum Gasteiger partial charge on any atom is -0.438 e. The summed E-state index contributed by atoms with van der Waals surface area (Å²) in [6, 6.07) is 19.2. The second kappa shape index (κ2) is 8.31. The monoisotopic (exact) mass is 388 g/mol. The van der Waals surface area contributed by atoms with Crippen LogP contribution >= 0.6 is 0 Å². The molecule has 0 unspecified atom stereocenters. The number of piperazine rings is 1. The second-order valence-electron chi connectivity index (χ2n) is 7.30. The van der Waals surface area contributed by atoms with Crippen molar-refractivity contribution >= 4 is 11.7 Å². The number of rotatable bonds is 4. The molecule has 1 aromatic heterocycles. The van der Waals surface area contributed by atoms with Crippen molar-refractivity contribution in [3.8, 4) is 11.6 Å². The lowest BCUT2D eigenvalue weighted by molar-refractivity contribution is 0.0746. The predicted octanol–water partition coefficient (Wildman–Crippen LogP) is 3.85. The van der Waals surface area contributed by atoms with Crippen molar-refractivity contribution in [1.82, 2.24) is 15.1 Å². The molecular formula is C23H24N4O2. The third-order valence-electron chi connectivity index (χ3n) is 4.95. The first-order chi connectivity index (χ1) is 14.1. The van der Waals surface area contributed by atoms with Crippen LogP contribution in [0.5, 0.6) is 11.6 Å². The van der Waals surface area contributed by atoms with E-state index in [2.05, 4.69) is 21.2 Å². The van der Waals surface area contributed by atoms with E-state index in [0.29, 0.717) is 19.0 Å². The van der Waals surface area contributed by atoms with E-state index in [1.165, 1.54) is 0 Å². The highest BCUT2D eigenvalue weighted by Gasteiger charge is 2.23. The number of aryl methyl sites for hydroxylation is 2. The number of hydrogen-bond donors (Lipinski definition) is 0. The zero-order valence-corrected chi connectivity index (χ0v) is 16.7. The van der Waals surface area contributed by atoms with Crippen LogP contribution in [0, 0.1) is 13.8 Å². The molecule has 1 amide bonds. The zero-order chi connectivity index (χ0) is 20.2. The molecule has 4 rings (SSSR count). The highest BCUT2D eigenvalue weighted by molar-refractivity contribution is 5.94. The normalized spacial score (nSPS) is 14.0. The van der Waals surface area contributed by atoms with Crippen LogP contribution in [-0.4, -0.2) is 47.2 Å². The standard InChI is InChI=1S/C23H24N4O2/c1-17-14-18(2)16-19(15-17)23(28)27-12-10-26(11-13-27)21-8-9-22(25-24-21)29-20-6-4-3-5-7-20/h3-9,14-16H,10-13H2,1-2H3. The Bertz CT molecular complexity index is 961. The van der Waals surface area contributed by atoms with Gasteiger partial charge in [0.1, 0.15) is 5.75 Å². The van der Waals surface area contributed by atoms with E-state index < -0.39 is 0 Å². The summed E-state index contributed by atoms with van der Waals surface area (Å²) >= 11 is 0. The molecule has 2 heterocycles. The van der Waals surface area contributed by atoms with Crippen molar-refractivity contribution in [2.24, 2.45) is 0 Å². The Morgan fingerprint density at radius 2 is 1.55 bits per heavy atom. The number of amides is 1. The Kier molecular flexibility index (Phi) is 5.42. The van der Waals surface area contributed by atoms with Gasteiger partial charge in [-0.1, -0.05) is 35.4 Å². The van der Waals surface area contributed by atoms with E-state index in [-0.39, 0.29) is 5.91 Å². The van der Waals surface area contributed by atoms with Gasteiger partial charge in [-0.25, -0.2) is 0 Å². The highest BCUT2D eigenvalue weighted by Crippen LogP contribution is 2.21. The Hall–Kier alpha value is -3.41. The molecule has 1 aliphatic rings. The predicted molar refractivity (Wildman–Crippen MR) is 113 cm³/mol. The van der Waals surface area contributed by atoms with E-state index in [9.17, 15) is 4.79 Å². The SMILES string of the molecule is Cc1cc(C)cc(C(=O)N2CCN(c3ccc(Oc4ccccc4)nn3)CC2)c1. The highest BCUT2D eigenvalue weighted by atomic mass is 16.5. The van der Waals surface area contributed by atoms with Crippen LogP contribution in [0.25, 0.3) is 0 Å². The second-order valence-corrected chi connectivity index (χ2v) is 7.30. The van der Waals surface area contributed by atoms with E-state index in [4.69, 9.17) is 4.74 Å². The number of aromatic nitrogens is 2. The summed E-state index contributed by atoms with van der Waals surface area (Å²) in [7, 11) is 0. The Labute approximate surface area is 170 Å². The molecular weight excluding hydrogens is 364 g/mol. The van der Waals surface area contributed by atoms with Crippen molar-refractivity contribution in [2.45, 2.75) is 13.8 Å². The number of para-hydroxylation sites is 1. The molecule has 148 valence electrons. The lowest BCUT2D eigenvalue weighted by atomic mass is 10.1. The van der Waals surface area contributed by atoms with Crippen molar-refractivity contribution < 1.29 is 9.53 Å². The van der Waals surface area contributed by atoms with Gasteiger partial charge >= 0.3 is 0 Å². The first-order valence-electron chi connectivity index (χ1n) is 9.78. The Morgan fingerprint density at radius 1 is 0.862 bits per heavy atom. The maximum Gasteiger partial charge on any atom is 0.253 e. The van der Waals surface area contributed by atoms with Gasteiger partial charge in [0.05, 0.1) is 0 Å².